The highest BCUT2D eigenvalue weighted by Crippen LogP contribution is 2.14. The van der Waals surface area contributed by atoms with Crippen molar-refractivity contribution < 1.29 is 14.6 Å². The first-order valence-corrected chi connectivity index (χ1v) is 5.51. The van der Waals surface area contributed by atoms with E-state index in [0.29, 0.717) is 18.2 Å². The normalized spacial score (nSPS) is 10.1. The maximum atomic E-state index is 8.84. The molecule has 0 fully saturated rings. The van der Waals surface area contributed by atoms with Crippen LogP contribution in [0.15, 0.2) is 36.4 Å². The molecule has 0 aliphatic carbocycles. The molecule has 5 nitrogen and oxygen atoms in total. The van der Waals surface area contributed by atoms with Crippen molar-refractivity contribution in [3.05, 3.63) is 47.7 Å². The largest absolute Gasteiger partial charge is 0.497 e. The minimum absolute atomic E-state index is 0.122. The van der Waals surface area contributed by atoms with Crippen molar-refractivity contribution >= 4 is 0 Å². The van der Waals surface area contributed by atoms with Gasteiger partial charge in [-0.05, 0) is 23.8 Å². The summed E-state index contributed by atoms with van der Waals surface area (Å²) >= 11 is 0. The minimum Gasteiger partial charge on any atom is -0.497 e. The van der Waals surface area contributed by atoms with Crippen molar-refractivity contribution in [1.82, 2.24) is 10.2 Å². The second kappa shape index (κ2) is 5.97. The van der Waals surface area contributed by atoms with Gasteiger partial charge in [0.2, 0.25) is 5.88 Å². The van der Waals surface area contributed by atoms with Gasteiger partial charge in [0.05, 0.1) is 19.4 Å². The lowest BCUT2D eigenvalue weighted by molar-refractivity contribution is 0.268. The van der Waals surface area contributed by atoms with E-state index in [1.54, 1.807) is 19.2 Å². The van der Waals surface area contributed by atoms with Crippen molar-refractivity contribution in [2.45, 2.75) is 13.2 Å². The fourth-order valence-corrected chi connectivity index (χ4v) is 1.43. The summed E-state index contributed by atoms with van der Waals surface area (Å²) in [6.07, 6.45) is 0. The molecule has 5 heteroatoms. The predicted octanol–water partition coefficient (Wildman–Crippen LogP) is 1.56. The number of aliphatic hydroxyl groups excluding tert-OH is 1. The first kappa shape index (κ1) is 12.3. The molecule has 0 aliphatic heterocycles. The molecule has 2 aromatic rings. The molecular formula is C13H14N2O3. The quantitative estimate of drug-likeness (QED) is 0.867. The van der Waals surface area contributed by atoms with Crippen molar-refractivity contribution in [3.63, 3.8) is 0 Å². The molecule has 0 unspecified atom stereocenters. The molecule has 0 bridgehead atoms. The van der Waals surface area contributed by atoms with E-state index in [2.05, 4.69) is 10.2 Å². The molecule has 1 aromatic heterocycles. The van der Waals surface area contributed by atoms with Crippen LogP contribution in [-0.4, -0.2) is 22.4 Å². The van der Waals surface area contributed by atoms with E-state index in [9.17, 15) is 0 Å². The molecule has 94 valence electrons. The van der Waals surface area contributed by atoms with Crippen LogP contribution in [0, 0.1) is 0 Å². The first-order chi connectivity index (χ1) is 8.81. The summed E-state index contributed by atoms with van der Waals surface area (Å²) < 4.78 is 10.6. The van der Waals surface area contributed by atoms with Gasteiger partial charge in [-0.3, -0.25) is 0 Å². The van der Waals surface area contributed by atoms with Gasteiger partial charge < -0.3 is 14.6 Å². The molecule has 0 atom stereocenters. The van der Waals surface area contributed by atoms with Crippen molar-refractivity contribution in [3.8, 4) is 11.6 Å². The van der Waals surface area contributed by atoms with Crippen LogP contribution in [0.2, 0.25) is 0 Å². The summed E-state index contributed by atoms with van der Waals surface area (Å²) in [5.41, 5.74) is 1.51. The van der Waals surface area contributed by atoms with Gasteiger partial charge in [0, 0.05) is 6.07 Å². The zero-order valence-corrected chi connectivity index (χ0v) is 10.0. The summed E-state index contributed by atoms with van der Waals surface area (Å²) in [4.78, 5) is 0. The lowest BCUT2D eigenvalue weighted by atomic mass is 10.2. The maximum Gasteiger partial charge on any atom is 0.233 e. The fraction of sp³-hybridized carbons (Fsp3) is 0.231. The number of hydrogen-bond donors (Lipinski definition) is 1. The molecule has 0 spiro atoms. The van der Waals surface area contributed by atoms with Crippen LogP contribution < -0.4 is 9.47 Å². The van der Waals surface area contributed by atoms with Gasteiger partial charge in [-0.15, -0.1) is 10.2 Å². The standard InChI is InChI=1S/C13H14N2O3/c1-17-12-4-2-3-10(7-12)9-18-13-6-5-11(8-16)14-15-13/h2-7,16H,8-9H2,1H3. The average molecular weight is 246 g/mol. The second-order valence-electron chi connectivity index (χ2n) is 3.66. The van der Waals surface area contributed by atoms with Crippen molar-refractivity contribution in [2.75, 3.05) is 7.11 Å². The van der Waals surface area contributed by atoms with Gasteiger partial charge in [-0.1, -0.05) is 12.1 Å². The zero-order chi connectivity index (χ0) is 12.8. The van der Waals surface area contributed by atoms with Crippen LogP contribution >= 0.6 is 0 Å². The van der Waals surface area contributed by atoms with E-state index in [4.69, 9.17) is 14.6 Å². The monoisotopic (exact) mass is 246 g/mol. The van der Waals surface area contributed by atoms with E-state index in [1.807, 2.05) is 24.3 Å². The highest BCUT2D eigenvalue weighted by atomic mass is 16.5. The second-order valence-corrected chi connectivity index (χ2v) is 3.66. The molecular weight excluding hydrogens is 232 g/mol. The Balaban J connectivity index is 1.97. The lowest BCUT2D eigenvalue weighted by Crippen LogP contribution is -2.00. The fourth-order valence-electron chi connectivity index (χ4n) is 1.43. The molecule has 1 aromatic carbocycles. The van der Waals surface area contributed by atoms with Crippen molar-refractivity contribution in [1.29, 1.82) is 0 Å². The van der Waals surface area contributed by atoms with Crippen molar-refractivity contribution in [2.24, 2.45) is 0 Å². The molecule has 0 radical (unpaired) electrons. The molecule has 18 heavy (non-hydrogen) atoms. The van der Waals surface area contributed by atoms with Crippen LogP contribution in [0.1, 0.15) is 11.3 Å². The maximum absolute atomic E-state index is 8.84. The highest BCUT2D eigenvalue weighted by molar-refractivity contribution is 5.28. The number of ether oxygens (including phenoxy) is 2. The Kier molecular flexibility index (Phi) is 4.09. The average Bonchev–Trinajstić information content (AvgIpc) is 2.46. The van der Waals surface area contributed by atoms with E-state index < -0.39 is 0 Å². The molecule has 0 amide bonds. The predicted molar refractivity (Wildman–Crippen MR) is 65.3 cm³/mol. The molecule has 0 saturated carbocycles. The topological polar surface area (TPSA) is 64.5 Å². The van der Waals surface area contributed by atoms with Gasteiger partial charge in [0.1, 0.15) is 12.4 Å². The van der Waals surface area contributed by atoms with Crippen LogP contribution in [0.25, 0.3) is 0 Å². The highest BCUT2D eigenvalue weighted by Gasteiger charge is 2.00. The Morgan fingerprint density at radius 3 is 2.72 bits per heavy atom. The SMILES string of the molecule is COc1cccc(COc2ccc(CO)nn2)c1. The number of aliphatic hydroxyl groups is 1. The van der Waals surface area contributed by atoms with Crippen LogP contribution in [0.5, 0.6) is 11.6 Å². The number of hydrogen-bond acceptors (Lipinski definition) is 5. The Morgan fingerprint density at radius 1 is 1.17 bits per heavy atom. The van der Waals surface area contributed by atoms with Gasteiger partial charge in [0.25, 0.3) is 0 Å². The number of aromatic nitrogens is 2. The van der Waals surface area contributed by atoms with Crippen LogP contribution in [0.4, 0.5) is 0 Å². The lowest BCUT2D eigenvalue weighted by Gasteiger charge is -2.06. The smallest absolute Gasteiger partial charge is 0.233 e. The summed E-state index contributed by atoms with van der Waals surface area (Å²) in [6.45, 7) is 0.271. The Labute approximate surface area is 105 Å². The summed E-state index contributed by atoms with van der Waals surface area (Å²) in [5.74, 6) is 1.22. The zero-order valence-electron chi connectivity index (χ0n) is 10.0. The summed E-state index contributed by atoms with van der Waals surface area (Å²) in [5, 5.41) is 16.5. The van der Waals surface area contributed by atoms with E-state index in [1.165, 1.54) is 0 Å². The Morgan fingerprint density at radius 2 is 2.06 bits per heavy atom. The third-order valence-electron chi connectivity index (χ3n) is 2.38. The number of rotatable bonds is 5. The molecule has 1 heterocycles. The van der Waals surface area contributed by atoms with E-state index in [-0.39, 0.29) is 6.61 Å². The molecule has 1 N–H and O–H groups in total. The van der Waals surface area contributed by atoms with Gasteiger partial charge >= 0.3 is 0 Å². The van der Waals surface area contributed by atoms with Crippen LogP contribution in [-0.2, 0) is 13.2 Å². The third-order valence-corrected chi connectivity index (χ3v) is 2.38. The van der Waals surface area contributed by atoms with Crippen LogP contribution in [0.3, 0.4) is 0 Å². The molecule has 2 rings (SSSR count). The van der Waals surface area contributed by atoms with Gasteiger partial charge in [-0.25, -0.2) is 0 Å². The van der Waals surface area contributed by atoms with Gasteiger partial charge in [-0.2, -0.15) is 0 Å². The van der Waals surface area contributed by atoms with Gasteiger partial charge in [0.15, 0.2) is 0 Å². The van der Waals surface area contributed by atoms with E-state index >= 15 is 0 Å². The summed E-state index contributed by atoms with van der Waals surface area (Å²) in [6, 6.07) is 11.0. The van der Waals surface area contributed by atoms with E-state index in [0.717, 1.165) is 11.3 Å². The summed E-state index contributed by atoms with van der Waals surface area (Å²) in [7, 11) is 1.62. The Hall–Kier alpha value is -2.14. The molecule has 0 saturated heterocycles. The first-order valence-electron chi connectivity index (χ1n) is 5.51. The number of benzene rings is 1. The molecule has 0 aliphatic rings. The number of nitrogens with zero attached hydrogens (tertiary/aromatic N) is 2. The third kappa shape index (κ3) is 3.18. The minimum atomic E-state index is -0.122. The Bertz CT molecular complexity index is 500. The number of methoxy groups -OCH3 is 1.